The van der Waals surface area contributed by atoms with Gasteiger partial charge in [0.25, 0.3) is 11.8 Å². The first kappa shape index (κ1) is 15.3. The first-order valence-electron chi connectivity index (χ1n) is 6.62. The van der Waals surface area contributed by atoms with Gasteiger partial charge >= 0.3 is 12.2 Å². The quantitative estimate of drug-likeness (QED) is 0.610. The molecule has 0 saturated heterocycles. The van der Waals surface area contributed by atoms with Gasteiger partial charge in [0.2, 0.25) is 17.3 Å². The molecule has 124 valence electrons. The van der Waals surface area contributed by atoms with Crippen molar-refractivity contribution in [3.8, 4) is 5.75 Å². The molecule has 1 aromatic rings. The van der Waals surface area contributed by atoms with Crippen molar-refractivity contribution >= 4 is 17.5 Å². The summed E-state index contributed by atoms with van der Waals surface area (Å²) in [6.07, 6.45) is 0.717. The molecule has 9 nitrogen and oxygen atoms in total. The zero-order valence-electron chi connectivity index (χ0n) is 11.9. The number of hydrogen-bond donors (Lipinski definition) is 4. The number of anilines is 1. The van der Waals surface area contributed by atoms with Crippen molar-refractivity contribution in [3.05, 3.63) is 59.6 Å². The van der Waals surface area contributed by atoms with Crippen LogP contribution >= 0.6 is 0 Å². The van der Waals surface area contributed by atoms with E-state index in [2.05, 4.69) is 0 Å². The van der Waals surface area contributed by atoms with Gasteiger partial charge in [0.15, 0.2) is 0 Å². The first-order valence-corrected chi connectivity index (χ1v) is 6.62. The number of nitrogens with zero attached hydrogens (tertiary/aromatic N) is 1. The molecule has 0 bridgehead atoms. The second-order valence-corrected chi connectivity index (χ2v) is 4.79. The molecule has 0 spiro atoms. The van der Waals surface area contributed by atoms with Crippen molar-refractivity contribution in [1.82, 2.24) is 0 Å². The summed E-state index contributed by atoms with van der Waals surface area (Å²) in [5.41, 5.74) is 0.315. The fraction of sp³-hybridized carbons (Fsp3) is 0.0667. The molecule has 1 aromatic carbocycles. The fourth-order valence-corrected chi connectivity index (χ4v) is 2.08. The van der Waals surface area contributed by atoms with E-state index in [9.17, 15) is 30.0 Å². The molecule has 2 aliphatic heterocycles. The summed E-state index contributed by atoms with van der Waals surface area (Å²) in [5, 5.41) is 37.6. The highest BCUT2D eigenvalue weighted by atomic mass is 16.7. The zero-order chi connectivity index (χ0) is 17.4. The SMILES string of the molecule is O=C1C=CC(=O)N1c1ccc(OC2OC(O)=C(O)C(O)=C2O)cc1. The molecule has 2 amide bonds. The number of hydrogen-bond acceptors (Lipinski definition) is 8. The van der Waals surface area contributed by atoms with Crippen LogP contribution in [0.3, 0.4) is 0 Å². The lowest BCUT2D eigenvalue weighted by molar-refractivity contribution is -0.120. The minimum Gasteiger partial charge on any atom is -0.503 e. The number of carbonyl (C=O) groups is 2. The van der Waals surface area contributed by atoms with Crippen LogP contribution in [0.15, 0.2) is 59.6 Å². The summed E-state index contributed by atoms with van der Waals surface area (Å²) < 4.78 is 9.94. The third-order valence-electron chi connectivity index (χ3n) is 3.26. The summed E-state index contributed by atoms with van der Waals surface area (Å²) in [7, 11) is 0. The lowest BCUT2D eigenvalue weighted by Crippen LogP contribution is -2.30. The van der Waals surface area contributed by atoms with Crippen LogP contribution in [-0.2, 0) is 14.3 Å². The highest BCUT2D eigenvalue weighted by molar-refractivity contribution is 6.28. The molecular weight excluding hydrogens is 322 g/mol. The van der Waals surface area contributed by atoms with Crippen molar-refractivity contribution in [2.45, 2.75) is 6.29 Å². The maximum Gasteiger partial charge on any atom is 0.328 e. The smallest absolute Gasteiger partial charge is 0.328 e. The summed E-state index contributed by atoms with van der Waals surface area (Å²) in [4.78, 5) is 24.1. The van der Waals surface area contributed by atoms with E-state index in [0.717, 1.165) is 17.1 Å². The van der Waals surface area contributed by atoms with Gasteiger partial charge in [0.1, 0.15) is 5.75 Å². The highest BCUT2D eigenvalue weighted by Crippen LogP contribution is 2.28. The van der Waals surface area contributed by atoms with Gasteiger partial charge in [0.05, 0.1) is 5.69 Å². The molecular formula is C15H11NO8. The lowest BCUT2D eigenvalue weighted by atomic mass is 10.2. The number of imide groups is 1. The van der Waals surface area contributed by atoms with Crippen LogP contribution in [0.25, 0.3) is 0 Å². The molecule has 2 aliphatic rings. The van der Waals surface area contributed by atoms with Crippen LogP contribution in [-0.4, -0.2) is 38.5 Å². The molecule has 1 atom stereocenters. The van der Waals surface area contributed by atoms with E-state index in [1.165, 1.54) is 24.3 Å². The van der Waals surface area contributed by atoms with Gasteiger partial charge < -0.3 is 29.9 Å². The van der Waals surface area contributed by atoms with Gasteiger partial charge in [-0.3, -0.25) is 9.59 Å². The third-order valence-corrected chi connectivity index (χ3v) is 3.26. The number of carbonyl (C=O) groups excluding carboxylic acids is 2. The Hall–Kier alpha value is -3.62. The predicted molar refractivity (Wildman–Crippen MR) is 78.1 cm³/mol. The van der Waals surface area contributed by atoms with Crippen LogP contribution < -0.4 is 9.64 Å². The average molecular weight is 333 g/mol. The molecule has 9 heteroatoms. The molecule has 0 fully saturated rings. The van der Waals surface area contributed by atoms with Crippen LogP contribution in [0, 0.1) is 0 Å². The Labute approximate surface area is 134 Å². The van der Waals surface area contributed by atoms with E-state index in [-0.39, 0.29) is 5.75 Å². The number of amides is 2. The Kier molecular flexibility index (Phi) is 3.53. The van der Waals surface area contributed by atoms with Gasteiger partial charge in [-0.1, -0.05) is 0 Å². The maximum absolute atomic E-state index is 11.6. The molecule has 0 aromatic heterocycles. The number of ether oxygens (including phenoxy) is 2. The Morgan fingerprint density at radius 3 is 2.08 bits per heavy atom. The summed E-state index contributed by atoms with van der Waals surface area (Å²) >= 11 is 0. The molecule has 0 radical (unpaired) electrons. The molecule has 2 heterocycles. The third kappa shape index (κ3) is 2.47. The Morgan fingerprint density at radius 2 is 1.50 bits per heavy atom. The Bertz CT molecular complexity index is 787. The number of aliphatic hydroxyl groups is 4. The Morgan fingerprint density at radius 1 is 0.917 bits per heavy atom. The van der Waals surface area contributed by atoms with Crippen LogP contribution in [0.5, 0.6) is 5.75 Å². The van der Waals surface area contributed by atoms with E-state index in [1.54, 1.807) is 0 Å². The van der Waals surface area contributed by atoms with Gasteiger partial charge in [-0.15, -0.1) is 0 Å². The Balaban J connectivity index is 1.76. The standard InChI is InChI=1S/C15H11NO8/c17-9-5-6-10(18)16(9)7-1-3-8(4-2-7)23-15-13(21)11(19)12(20)14(22)24-15/h1-6,15,19-22H. The van der Waals surface area contributed by atoms with E-state index < -0.39 is 41.3 Å². The zero-order valence-corrected chi connectivity index (χ0v) is 11.9. The van der Waals surface area contributed by atoms with Crippen LogP contribution in [0.1, 0.15) is 0 Å². The van der Waals surface area contributed by atoms with Gasteiger partial charge in [-0.2, -0.15) is 0 Å². The molecule has 1 unspecified atom stereocenters. The first-order chi connectivity index (χ1) is 11.4. The molecule has 0 aliphatic carbocycles. The monoisotopic (exact) mass is 333 g/mol. The predicted octanol–water partition coefficient (Wildman–Crippen LogP) is 1.46. The molecule has 4 N–H and O–H groups in total. The second-order valence-electron chi connectivity index (χ2n) is 4.79. The van der Waals surface area contributed by atoms with Crippen molar-refractivity contribution in [3.63, 3.8) is 0 Å². The van der Waals surface area contributed by atoms with Gasteiger partial charge in [-0.05, 0) is 24.3 Å². The summed E-state index contributed by atoms with van der Waals surface area (Å²) in [6.45, 7) is 0. The van der Waals surface area contributed by atoms with Crippen molar-refractivity contribution in [2.24, 2.45) is 0 Å². The number of benzene rings is 1. The minimum atomic E-state index is -1.58. The van der Waals surface area contributed by atoms with Gasteiger partial charge in [-0.25, -0.2) is 4.90 Å². The van der Waals surface area contributed by atoms with Crippen LogP contribution in [0.4, 0.5) is 5.69 Å². The van der Waals surface area contributed by atoms with Crippen molar-refractivity contribution < 1.29 is 39.5 Å². The summed E-state index contributed by atoms with van der Waals surface area (Å²) in [5.74, 6) is -4.62. The fourth-order valence-electron chi connectivity index (χ4n) is 2.08. The molecule has 0 saturated carbocycles. The van der Waals surface area contributed by atoms with E-state index >= 15 is 0 Å². The van der Waals surface area contributed by atoms with E-state index in [0.29, 0.717) is 5.69 Å². The maximum atomic E-state index is 11.6. The lowest BCUT2D eigenvalue weighted by Gasteiger charge is -2.23. The van der Waals surface area contributed by atoms with Crippen molar-refractivity contribution in [2.75, 3.05) is 4.90 Å². The molecule has 3 rings (SSSR count). The number of rotatable bonds is 3. The van der Waals surface area contributed by atoms with Crippen molar-refractivity contribution in [1.29, 1.82) is 0 Å². The van der Waals surface area contributed by atoms with Gasteiger partial charge in [0, 0.05) is 12.2 Å². The minimum absolute atomic E-state index is 0.143. The molecule has 24 heavy (non-hydrogen) atoms. The largest absolute Gasteiger partial charge is 0.503 e. The van der Waals surface area contributed by atoms with E-state index in [4.69, 9.17) is 9.47 Å². The van der Waals surface area contributed by atoms with Crippen LogP contribution in [0.2, 0.25) is 0 Å². The summed E-state index contributed by atoms with van der Waals surface area (Å²) in [6, 6.07) is 5.62. The van der Waals surface area contributed by atoms with E-state index in [1.807, 2.05) is 0 Å². The average Bonchev–Trinajstić information content (AvgIpc) is 2.90. The second kappa shape index (κ2) is 5.54. The normalized spacial score (nSPS) is 20.7. The highest BCUT2D eigenvalue weighted by Gasteiger charge is 2.33. The number of aliphatic hydroxyl groups excluding tert-OH is 4. The topological polar surface area (TPSA) is 137 Å².